The van der Waals surface area contributed by atoms with E-state index < -0.39 is 16.4 Å². The van der Waals surface area contributed by atoms with Gasteiger partial charge in [-0.05, 0) is 92.3 Å². The van der Waals surface area contributed by atoms with Gasteiger partial charge in [-0.15, -0.1) is 0 Å². The highest BCUT2D eigenvalue weighted by molar-refractivity contribution is 5.86. The summed E-state index contributed by atoms with van der Waals surface area (Å²) in [5.41, 5.74) is -0.641. The van der Waals surface area contributed by atoms with Crippen molar-refractivity contribution in [2.75, 3.05) is 6.61 Å². The normalized spacial score (nSPS) is 56.9. The Morgan fingerprint density at radius 3 is 2.35 bits per heavy atom. The zero-order chi connectivity index (χ0) is 24.9. The Labute approximate surface area is 206 Å². The second kappa shape index (κ2) is 7.28. The average Bonchev–Trinajstić information content (AvgIpc) is 2.79. The van der Waals surface area contributed by atoms with Gasteiger partial charge in [0.2, 0.25) is 0 Å². The lowest BCUT2D eigenvalue weighted by Gasteiger charge is -2.71. The first-order chi connectivity index (χ1) is 15.8. The third-order valence-electron chi connectivity index (χ3n) is 13.2. The van der Waals surface area contributed by atoms with Crippen molar-refractivity contribution in [2.45, 2.75) is 105 Å². The fraction of sp³-hybridized carbons (Fsp3) is 0.867. The molecule has 0 saturated heterocycles. The van der Waals surface area contributed by atoms with E-state index in [0.717, 1.165) is 51.4 Å². The summed E-state index contributed by atoms with van der Waals surface area (Å²) in [6.07, 6.45) is 11.7. The van der Waals surface area contributed by atoms with Crippen LogP contribution in [0, 0.1) is 50.7 Å². The highest BCUT2D eigenvalue weighted by Gasteiger charge is 2.70. The number of hydrogen-bond donors (Lipinski definition) is 2. The number of carbonyl (C=O) groups excluding carboxylic acids is 2. The Hall–Kier alpha value is -1.00. The summed E-state index contributed by atoms with van der Waals surface area (Å²) in [6.45, 7) is 13.4. The summed E-state index contributed by atoms with van der Waals surface area (Å²) >= 11 is 0. The Morgan fingerprint density at radius 2 is 1.71 bits per heavy atom. The van der Waals surface area contributed by atoms with Crippen molar-refractivity contribution < 1.29 is 19.8 Å². The fourth-order valence-corrected chi connectivity index (χ4v) is 10.6. The van der Waals surface area contributed by atoms with Gasteiger partial charge in [0.25, 0.3) is 0 Å². The number of fused-ring (bicyclic) bond motifs is 7. The molecule has 190 valence electrons. The van der Waals surface area contributed by atoms with Gasteiger partial charge in [0, 0.05) is 17.8 Å². The van der Waals surface area contributed by atoms with Gasteiger partial charge in [0.05, 0.1) is 17.6 Å². The molecule has 0 spiro atoms. The van der Waals surface area contributed by atoms with Gasteiger partial charge >= 0.3 is 0 Å². The molecular weight excluding hydrogens is 424 g/mol. The second-order valence-electron chi connectivity index (χ2n) is 14.2. The fourth-order valence-electron chi connectivity index (χ4n) is 10.6. The first-order valence-corrected chi connectivity index (χ1v) is 13.8. The first-order valence-electron chi connectivity index (χ1n) is 13.8. The zero-order valence-electron chi connectivity index (χ0n) is 22.2. The summed E-state index contributed by atoms with van der Waals surface area (Å²) in [5, 5.41) is 22.2. The van der Waals surface area contributed by atoms with Crippen LogP contribution in [0.4, 0.5) is 0 Å². The maximum atomic E-state index is 13.0. The molecule has 34 heavy (non-hydrogen) atoms. The number of allylic oxidation sites excluding steroid dienone is 1. The van der Waals surface area contributed by atoms with Gasteiger partial charge in [-0.25, -0.2) is 0 Å². The standard InChI is InChI=1S/C30H46O4/c1-19-9-14-30(18-32)16-15-27(4)20(24(30)29(19,6)34)7-8-22-25(2)12-11-23(33)26(3,17-31)21(25)10-13-28(22,27)5/h7,18-19,21-22,24,31,34H,8-17H2,1-6H3/t19-,21+,22-,24-,25+,26+,27-,28-,29-,30-/m1/s1. The van der Waals surface area contributed by atoms with Gasteiger partial charge in [-0.3, -0.25) is 4.79 Å². The number of carbonyl (C=O) groups is 2. The van der Waals surface area contributed by atoms with Gasteiger partial charge in [-0.1, -0.05) is 46.3 Å². The van der Waals surface area contributed by atoms with Crippen molar-refractivity contribution in [3.8, 4) is 0 Å². The number of hydrogen-bond acceptors (Lipinski definition) is 4. The molecule has 10 atom stereocenters. The number of Topliss-reactive ketones (excluding diaryl/α,β-unsaturated/α-hetero) is 1. The van der Waals surface area contributed by atoms with Crippen LogP contribution in [0.15, 0.2) is 11.6 Å². The SMILES string of the molecule is C[C@@H]1CC[C@]2(C=O)CC[C@]3(C)C(=CC[C@@H]4[C@@]5(C)CCC(=O)[C@@](C)(CO)[C@H]5CC[C@]43C)[C@@H]2[C@]1(C)O. The van der Waals surface area contributed by atoms with Crippen molar-refractivity contribution in [1.82, 2.24) is 0 Å². The van der Waals surface area contributed by atoms with E-state index in [4.69, 9.17) is 0 Å². The number of rotatable bonds is 2. The molecule has 4 nitrogen and oxygen atoms in total. The Morgan fingerprint density at radius 1 is 1.00 bits per heavy atom. The smallest absolute Gasteiger partial charge is 0.141 e. The molecule has 4 fully saturated rings. The van der Waals surface area contributed by atoms with Crippen molar-refractivity contribution in [1.29, 1.82) is 0 Å². The van der Waals surface area contributed by atoms with Crippen LogP contribution in [-0.4, -0.2) is 34.5 Å². The molecular formula is C30H46O4. The van der Waals surface area contributed by atoms with Gasteiger partial charge in [0.1, 0.15) is 12.1 Å². The van der Waals surface area contributed by atoms with Crippen molar-refractivity contribution in [3.05, 3.63) is 11.6 Å². The number of aliphatic hydroxyl groups excluding tert-OH is 1. The molecule has 5 aliphatic carbocycles. The Bertz CT molecular complexity index is 936. The molecule has 0 bridgehead atoms. The van der Waals surface area contributed by atoms with Crippen molar-refractivity contribution >= 4 is 12.1 Å². The molecule has 0 aromatic rings. The molecule has 4 saturated carbocycles. The molecule has 5 rings (SSSR count). The van der Waals surface area contributed by atoms with E-state index in [0.29, 0.717) is 12.3 Å². The van der Waals surface area contributed by atoms with Gasteiger partial charge in [0.15, 0.2) is 0 Å². The van der Waals surface area contributed by atoms with Crippen LogP contribution in [0.25, 0.3) is 0 Å². The Kier molecular flexibility index (Phi) is 5.28. The molecule has 0 heterocycles. The highest BCUT2D eigenvalue weighted by atomic mass is 16.3. The highest BCUT2D eigenvalue weighted by Crippen LogP contribution is 2.75. The van der Waals surface area contributed by atoms with Crippen LogP contribution in [0.5, 0.6) is 0 Å². The van der Waals surface area contributed by atoms with E-state index >= 15 is 0 Å². The van der Waals surface area contributed by atoms with E-state index in [1.807, 2.05) is 13.8 Å². The van der Waals surface area contributed by atoms with Crippen LogP contribution >= 0.6 is 0 Å². The summed E-state index contributed by atoms with van der Waals surface area (Å²) in [6, 6.07) is 0. The summed E-state index contributed by atoms with van der Waals surface area (Å²) in [5.74, 6) is 0.931. The van der Waals surface area contributed by atoms with Crippen molar-refractivity contribution in [2.24, 2.45) is 50.7 Å². The number of aliphatic hydroxyl groups is 2. The van der Waals surface area contributed by atoms with Gasteiger partial charge < -0.3 is 15.0 Å². The molecule has 0 aromatic carbocycles. The van der Waals surface area contributed by atoms with Gasteiger partial charge in [-0.2, -0.15) is 0 Å². The molecule has 0 aromatic heterocycles. The minimum Gasteiger partial charge on any atom is -0.395 e. The molecule has 4 heteroatoms. The lowest BCUT2D eigenvalue weighted by molar-refractivity contribution is -0.202. The van der Waals surface area contributed by atoms with E-state index in [-0.39, 0.29) is 46.4 Å². The van der Waals surface area contributed by atoms with Crippen LogP contribution in [-0.2, 0) is 9.59 Å². The molecule has 0 amide bonds. The zero-order valence-corrected chi connectivity index (χ0v) is 22.2. The molecule has 0 aliphatic heterocycles. The quantitative estimate of drug-likeness (QED) is 0.413. The monoisotopic (exact) mass is 470 g/mol. The van der Waals surface area contributed by atoms with Crippen LogP contribution < -0.4 is 0 Å². The second-order valence-corrected chi connectivity index (χ2v) is 14.2. The number of ketones is 1. The third-order valence-corrected chi connectivity index (χ3v) is 13.2. The van der Waals surface area contributed by atoms with E-state index in [9.17, 15) is 19.8 Å². The predicted octanol–water partition coefficient (Wildman–Crippen LogP) is 5.50. The molecule has 0 radical (unpaired) electrons. The molecule has 2 N–H and O–H groups in total. The van der Waals surface area contributed by atoms with Crippen LogP contribution in [0.2, 0.25) is 0 Å². The first kappa shape index (κ1) is 24.7. The summed E-state index contributed by atoms with van der Waals surface area (Å²) < 4.78 is 0. The maximum absolute atomic E-state index is 13.0. The van der Waals surface area contributed by atoms with Crippen LogP contribution in [0.3, 0.4) is 0 Å². The average molecular weight is 471 g/mol. The maximum Gasteiger partial charge on any atom is 0.141 e. The summed E-state index contributed by atoms with van der Waals surface area (Å²) in [7, 11) is 0. The number of aldehydes is 1. The predicted molar refractivity (Wildman–Crippen MR) is 133 cm³/mol. The van der Waals surface area contributed by atoms with Crippen molar-refractivity contribution in [3.63, 3.8) is 0 Å². The largest absolute Gasteiger partial charge is 0.395 e. The molecule has 5 aliphatic rings. The molecule has 0 unspecified atom stereocenters. The van der Waals surface area contributed by atoms with E-state index in [1.165, 1.54) is 11.9 Å². The van der Waals surface area contributed by atoms with E-state index in [1.54, 1.807) is 0 Å². The lowest BCUT2D eigenvalue weighted by Crippen LogP contribution is -2.67. The summed E-state index contributed by atoms with van der Waals surface area (Å²) in [4.78, 5) is 25.6. The topological polar surface area (TPSA) is 74.6 Å². The van der Waals surface area contributed by atoms with E-state index in [2.05, 4.69) is 33.8 Å². The minimum absolute atomic E-state index is 0.00496. The van der Waals surface area contributed by atoms with Crippen LogP contribution in [0.1, 0.15) is 99.3 Å². The Balaban J connectivity index is 1.63. The lowest BCUT2D eigenvalue weighted by atomic mass is 9.33. The minimum atomic E-state index is -0.885. The third kappa shape index (κ3) is 2.68.